The van der Waals surface area contributed by atoms with E-state index < -0.39 is 10.8 Å². The van der Waals surface area contributed by atoms with Crippen molar-refractivity contribution in [2.24, 2.45) is 0 Å². The van der Waals surface area contributed by atoms with Crippen LogP contribution in [0, 0.1) is 0 Å². The van der Waals surface area contributed by atoms with Crippen LogP contribution in [0.25, 0.3) is 0 Å². The Labute approximate surface area is 112 Å². The first-order valence-corrected chi connectivity index (χ1v) is 7.05. The molecule has 1 nitrogen and oxygen atoms in total. The minimum atomic E-state index is -1.28. The van der Waals surface area contributed by atoms with Crippen molar-refractivity contribution in [3.8, 4) is 0 Å². The molecule has 1 aliphatic heterocycles. The first kappa shape index (κ1) is 11.3. The van der Waals surface area contributed by atoms with Gasteiger partial charge in [0.1, 0.15) is 0 Å². The van der Waals surface area contributed by atoms with Crippen LogP contribution in [0.3, 0.4) is 0 Å². The van der Waals surface area contributed by atoms with Crippen molar-refractivity contribution in [1.29, 1.82) is 0 Å². The maximum absolute atomic E-state index is 12.5. The fourth-order valence-corrected chi connectivity index (χ4v) is 4.37. The Bertz CT molecular complexity index is 584. The summed E-state index contributed by atoms with van der Waals surface area (Å²) in [5.74, 6) is 0. The average molecular weight is 283 g/mol. The lowest BCUT2D eigenvalue weighted by Crippen LogP contribution is -2.10. The largest absolute Gasteiger partial charge is 0.249 e. The predicted octanol–water partition coefficient (Wildman–Crippen LogP) is 4.06. The number of hydrogen-bond donors (Lipinski definition) is 0. The number of halogens is 2. The van der Waals surface area contributed by atoms with E-state index in [9.17, 15) is 4.21 Å². The van der Waals surface area contributed by atoms with Gasteiger partial charge in [-0.05, 0) is 29.7 Å². The Morgan fingerprint density at radius 2 is 1.35 bits per heavy atom. The van der Waals surface area contributed by atoms with Gasteiger partial charge in [0.2, 0.25) is 0 Å². The van der Waals surface area contributed by atoms with E-state index in [1.165, 1.54) is 0 Å². The molecule has 0 radical (unpaired) electrons. The summed E-state index contributed by atoms with van der Waals surface area (Å²) in [4.78, 5) is 1.41. The highest BCUT2D eigenvalue weighted by atomic mass is 35.5. The SMILES string of the molecule is O=S1c2c(Cl)cccc2Cc2cccc(Cl)c21. The lowest BCUT2D eigenvalue weighted by molar-refractivity contribution is 0.679. The molecule has 86 valence electrons. The molecule has 2 aromatic rings. The summed E-state index contributed by atoms with van der Waals surface area (Å²) in [7, 11) is -1.28. The van der Waals surface area contributed by atoms with Crippen LogP contribution in [0.4, 0.5) is 0 Å². The Morgan fingerprint density at radius 3 is 1.82 bits per heavy atom. The van der Waals surface area contributed by atoms with Gasteiger partial charge < -0.3 is 0 Å². The van der Waals surface area contributed by atoms with Crippen LogP contribution in [-0.2, 0) is 17.2 Å². The molecule has 0 atom stereocenters. The van der Waals surface area contributed by atoms with Gasteiger partial charge in [-0.3, -0.25) is 0 Å². The summed E-state index contributed by atoms with van der Waals surface area (Å²) < 4.78 is 12.5. The summed E-state index contributed by atoms with van der Waals surface area (Å²) in [6.07, 6.45) is 0.734. The zero-order chi connectivity index (χ0) is 12.0. The van der Waals surface area contributed by atoms with Crippen molar-refractivity contribution in [3.05, 3.63) is 57.6 Å². The second-order valence-corrected chi connectivity index (χ2v) is 6.07. The number of hydrogen-bond acceptors (Lipinski definition) is 1. The molecule has 4 heteroatoms. The van der Waals surface area contributed by atoms with Crippen LogP contribution >= 0.6 is 23.2 Å². The van der Waals surface area contributed by atoms with E-state index in [1.54, 1.807) is 12.1 Å². The van der Waals surface area contributed by atoms with Gasteiger partial charge in [-0.15, -0.1) is 0 Å². The number of benzene rings is 2. The van der Waals surface area contributed by atoms with Crippen LogP contribution in [0.2, 0.25) is 10.0 Å². The van der Waals surface area contributed by atoms with Gasteiger partial charge in [-0.25, -0.2) is 4.21 Å². The fraction of sp³-hybridized carbons (Fsp3) is 0.0769. The third-order valence-electron chi connectivity index (χ3n) is 2.85. The molecule has 0 N–H and O–H groups in total. The van der Waals surface area contributed by atoms with Crippen LogP contribution in [0.15, 0.2) is 46.2 Å². The molecule has 1 aliphatic rings. The van der Waals surface area contributed by atoms with Gasteiger partial charge in [0, 0.05) is 0 Å². The quantitative estimate of drug-likeness (QED) is 0.608. The van der Waals surface area contributed by atoms with Crippen molar-refractivity contribution in [3.63, 3.8) is 0 Å². The highest BCUT2D eigenvalue weighted by molar-refractivity contribution is 7.85. The first-order valence-electron chi connectivity index (χ1n) is 5.15. The maximum atomic E-state index is 12.5. The molecule has 0 unspecified atom stereocenters. The number of fused-ring (bicyclic) bond motifs is 2. The Hall–Kier alpha value is -0.830. The third-order valence-corrected chi connectivity index (χ3v) is 5.41. The van der Waals surface area contributed by atoms with Crippen molar-refractivity contribution in [2.75, 3.05) is 0 Å². The van der Waals surface area contributed by atoms with Crippen LogP contribution in [0.1, 0.15) is 11.1 Å². The molecule has 0 bridgehead atoms. The fourth-order valence-electron chi connectivity index (χ4n) is 2.11. The lowest BCUT2D eigenvalue weighted by atomic mass is 10.0. The van der Waals surface area contributed by atoms with Crippen molar-refractivity contribution in [2.45, 2.75) is 16.2 Å². The molecular formula is C13H8Cl2OS. The van der Waals surface area contributed by atoms with Crippen LogP contribution in [-0.4, -0.2) is 4.21 Å². The highest BCUT2D eigenvalue weighted by Gasteiger charge is 2.25. The van der Waals surface area contributed by atoms with E-state index in [-0.39, 0.29) is 0 Å². The van der Waals surface area contributed by atoms with Gasteiger partial charge in [0.05, 0.1) is 30.6 Å². The third kappa shape index (κ3) is 1.71. The zero-order valence-electron chi connectivity index (χ0n) is 8.74. The molecule has 2 aromatic carbocycles. The van der Waals surface area contributed by atoms with Crippen LogP contribution < -0.4 is 0 Å². The Morgan fingerprint density at radius 1 is 0.882 bits per heavy atom. The minimum absolute atomic E-state index is 0.548. The van der Waals surface area contributed by atoms with E-state index in [4.69, 9.17) is 23.2 Å². The van der Waals surface area contributed by atoms with Gasteiger partial charge in [0.25, 0.3) is 0 Å². The van der Waals surface area contributed by atoms with Crippen molar-refractivity contribution < 1.29 is 4.21 Å². The second kappa shape index (κ2) is 4.13. The molecule has 0 saturated carbocycles. The molecule has 1 heterocycles. The summed E-state index contributed by atoms with van der Waals surface area (Å²) >= 11 is 12.2. The predicted molar refractivity (Wildman–Crippen MR) is 70.4 cm³/mol. The summed E-state index contributed by atoms with van der Waals surface area (Å²) in [5, 5.41) is 1.10. The van der Waals surface area contributed by atoms with E-state index in [1.807, 2.05) is 24.3 Å². The van der Waals surface area contributed by atoms with Crippen LogP contribution in [0.5, 0.6) is 0 Å². The number of rotatable bonds is 0. The molecule has 0 aromatic heterocycles. The Balaban J connectivity index is 2.30. The monoisotopic (exact) mass is 282 g/mol. The van der Waals surface area contributed by atoms with E-state index >= 15 is 0 Å². The summed E-state index contributed by atoms with van der Waals surface area (Å²) in [6, 6.07) is 11.2. The van der Waals surface area contributed by atoms with Crippen molar-refractivity contribution in [1.82, 2.24) is 0 Å². The molecule has 0 saturated heterocycles. The van der Waals surface area contributed by atoms with E-state index in [2.05, 4.69) is 0 Å². The molecular weight excluding hydrogens is 275 g/mol. The first-order chi connectivity index (χ1) is 8.18. The highest BCUT2D eigenvalue weighted by Crippen LogP contribution is 2.38. The van der Waals surface area contributed by atoms with Gasteiger partial charge in [-0.1, -0.05) is 47.5 Å². The molecule has 17 heavy (non-hydrogen) atoms. The summed E-state index contributed by atoms with van der Waals surface area (Å²) in [5.41, 5.74) is 2.04. The van der Waals surface area contributed by atoms with E-state index in [0.29, 0.717) is 19.8 Å². The summed E-state index contributed by atoms with van der Waals surface area (Å²) in [6.45, 7) is 0. The maximum Gasteiger partial charge on any atom is 0.0885 e. The molecule has 0 aliphatic carbocycles. The Kier molecular flexibility index (Phi) is 2.74. The molecule has 0 spiro atoms. The van der Waals surface area contributed by atoms with Crippen molar-refractivity contribution >= 4 is 34.0 Å². The van der Waals surface area contributed by atoms with Gasteiger partial charge in [-0.2, -0.15) is 0 Å². The lowest BCUT2D eigenvalue weighted by Gasteiger charge is -2.20. The molecule has 0 amide bonds. The van der Waals surface area contributed by atoms with Gasteiger partial charge >= 0.3 is 0 Å². The molecule has 0 fully saturated rings. The minimum Gasteiger partial charge on any atom is -0.249 e. The molecule has 3 rings (SSSR count). The topological polar surface area (TPSA) is 17.1 Å². The average Bonchev–Trinajstić information content (AvgIpc) is 2.28. The van der Waals surface area contributed by atoms with E-state index in [0.717, 1.165) is 17.5 Å². The van der Waals surface area contributed by atoms with Gasteiger partial charge in [0.15, 0.2) is 0 Å². The smallest absolute Gasteiger partial charge is 0.0885 e. The zero-order valence-corrected chi connectivity index (χ0v) is 11.1. The normalized spacial score (nSPS) is 14.2. The second-order valence-electron chi connectivity index (χ2n) is 3.90. The standard InChI is InChI=1S/C13H8Cl2OS/c14-10-5-1-3-8-7-9-4-2-6-11(15)13(9)17(16)12(8)10/h1-6H,7H2.